The number of rotatable bonds is 4. The van der Waals surface area contributed by atoms with Gasteiger partial charge in [0.25, 0.3) is 0 Å². The van der Waals surface area contributed by atoms with Crippen molar-refractivity contribution in [2.24, 2.45) is 11.8 Å². The summed E-state index contributed by atoms with van der Waals surface area (Å²) in [7, 11) is 0. The van der Waals surface area contributed by atoms with Crippen LogP contribution in [-0.4, -0.2) is 36.1 Å². The maximum Gasteiger partial charge on any atom is 0.133 e. The topological polar surface area (TPSA) is 72.9 Å². The van der Waals surface area contributed by atoms with Crippen molar-refractivity contribution < 1.29 is 18.7 Å². The molecule has 4 aliphatic carbocycles. The molecule has 2 saturated carbocycles. The highest BCUT2D eigenvalue weighted by Gasteiger charge is 2.49. The summed E-state index contributed by atoms with van der Waals surface area (Å²) in [5.74, 6) is 3.47. The molecular weight excluding hydrogens is 727 g/mol. The Balaban J connectivity index is 0.000000151. The van der Waals surface area contributed by atoms with Crippen LogP contribution in [0.1, 0.15) is 113 Å². The third-order valence-corrected chi connectivity index (χ3v) is 14.8. The van der Waals surface area contributed by atoms with E-state index in [0.29, 0.717) is 36.9 Å². The van der Waals surface area contributed by atoms with Crippen LogP contribution in [0.4, 0.5) is 8.78 Å². The van der Waals surface area contributed by atoms with Crippen molar-refractivity contribution in [2.45, 2.75) is 120 Å². The number of hydrogen-bond donors (Lipinski definition) is 1. The number of terminal acetylenes is 1. The van der Waals surface area contributed by atoms with Crippen LogP contribution < -0.4 is 0 Å². The zero-order valence-corrected chi connectivity index (χ0v) is 33.6. The number of halogens is 2. The van der Waals surface area contributed by atoms with E-state index in [9.17, 15) is 18.7 Å². The summed E-state index contributed by atoms with van der Waals surface area (Å²) in [5.41, 5.74) is 8.70. The number of benzene rings is 4. The van der Waals surface area contributed by atoms with Gasteiger partial charge in [-0.1, -0.05) is 19.8 Å². The number of nitrogens with zero attached hydrogens (tertiary/aromatic N) is 4. The molecule has 4 aliphatic rings. The molecule has 0 radical (unpaired) electrons. The predicted octanol–water partition coefficient (Wildman–Crippen LogP) is 10.8. The number of carbonyl (C=O) groups is 1. The largest absolute Gasteiger partial charge is 0.378 e. The molecule has 0 bridgehead atoms. The lowest BCUT2D eigenvalue weighted by Crippen LogP contribution is -2.47. The first-order chi connectivity index (χ1) is 28.1. The lowest BCUT2D eigenvalue weighted by molar-refractivity contribution is -0.123. The molecule has 5 atom stereocenters. The minimum absolute atomic E-state index is 0.0566. The van der Waals surface area contributed by atoms with E-state index in [2.05, 4.69) is 54.2 Å². The van der Waals surface area contributed by atoms with Crippen LogP contribution in [0.2, 0.25) is 0 Å². The Hall–Kier alpha value is -5.13. The molecule has 1 N–H and O–H groups in total. The second-order valence-electron chi connectivity index (χ2n) is 17.5. The van der Waals surface area contributed by atoms with Crippen molar-refractivity contribution in [1.29, 1.82) is 0 Å². The van der Waals surface area contributed by atoms with Crippen LogP contribution >= 0.6 is 0 Å². The molecule has 6 nitrogen and oxygen atoms in total. The van der Waals surface area contributed by atoms with Gasteiger partial charge in [0, 0.05) is 23.6 Å². The molecule has 0 spiro atoms. The van der Waals surface area contributed by atoms with Gasteiger partial charge in [0.15, 0.2) is 0 Å². The summed E-state index contributed by atoms with van der Waals surface area (Å²) in [4.78, 5) is 12.2. The summed E-state index contributed by atoms with van der Waals surface area (Å²) in [5, 5.41) is 22.2. The summed E-state index contributed by atoms with van der Waals surface area (Å²) >= 11 is 0. The Morgan fingerprint density at radius 3 is 1.72 bits per heavy atom. The van der Waals surface area contributed by atoms with Crippen molar-refractivity contribution in [3.8, 4) is 23.7 Å². The van der Waals surface area contributed by atoms with Crippen LogP contribution in [0.5, 0.6) is 0 Å². The van der Waals surface area contributed by atoms with Crippen LogP contribution in [0.25, 0.3) is 33.2 Å². The van der Waals surface area contributed by atoms with Crippen molar-refractivity contribution >= 4 is 27.6 Å². The van der Waals surface area contributed by atoms with E-state index in [0.717, 1.165) is 104 Å². The van der Waals surface area contributed by atoms with Gasteiger partial charge in [-0.3, -0.25) is 4.79 Å². The highest BCUT2D eigenvalue weighted by Crippen LogP contribution is 2.54. The smallest absolute Gasteiger partial charge is 0.133 e. The summed E-state index contributed by atoms with van der Waals surface area (Å²) in [6.07, 6.45) is 22.8. The van der Waals surface area contributed by atoms with E-state index in [1.807, 2.05) is 21.8 Å². The monoisotopic (exact) mass is 778 g/mol. The molecule has 0 amide bonds. The first-order valence-corrected chi connectivity index (χ1v) is 21.3. The first-order valence-electron chi connectivity index (χ1n) is 21.3. The van der Waals surface area contributed by atoms with Gasteiger partial charge in [0.2, 0.25) is 0 Å². The fourth-order valence-corrected chi connectivity index (χ4v) is 11.6. The third-order valence-electron chi connectivity index (χ3n) is 14.8. The molecule has 8 heteroatoms. The van der Waals surface area contributed by atoms with E-state index < -0.39 is 5.60 Å². The summed E-state index contributed by atoms with van der Waals surface area (Å²) in [6, 6.07) is 22.2. The number of aromatic nitrogens is 4. The second-order valence-corrected chi connectivity index (χ2v) is 17.5. The van der Waals surface area contributed by atoms with Gasteiger partial charge >= 0.3 is 0 Å². The van der Waals surface area contributed by atoms with Gasteiger partial charge in [-0.2, -0.15) is 10.2 Å². The lowest BCUT2D eigenvalue weighted by atomic mass is 9.57. The fourth-order valence-electron chi connectivity index (χ4n) is 11.6. The number of carbonyl (C=O) groups excluding carboxylic acids is 1. The molecular formula is C50H52F2N4O2. The highest BCUT2D eigenvalue weighted by atomic mass is 19.1. The Bertz CT molecular complexity index is 2550. The lowest BCUT2D eigenvalue weighted by Gasteiger charge is -2.48. The minimum atomic E-state index is -0.967. The van der Waals surface area contributed by atoms with Crippen molar-refractivity contribution in [2.75, 3.05) is 0 Å². The van der Waals surface area contributed by atoms with Crippen LogP contribution in [-0.2, 0) is 28.5 Å². The molecule has 0 aliphatic heterocycles. The number of Topliss-reactive ketones (excluding diaryl/α,β-unsaturated/α-hetero) is 1. The van der Waals surface area contributed by atoms with E-state index in [-0.39, 0.29) is 22.5 Å². The Morgan fingerprint density at radius 2 is 1.22 bits per heavy atom. The Labute approximate surface area is 339 Å². The number of hydrogen-bond acceptors (Lipinski definition) is 4. The maximum atomic E-state index is 13.4. The molecule has 0 unspecified atom stereocenters. The molecule has 10 rings (SSSR count). The maximum absolute atomic E-state index is 13.4. The second kappa shape index (κ2) is 14.9. The zero-order valence-electron chi connectivity index (χ0n) is 33.6. The van der Waals surface area contributed by atoms with Crippen LogP contribution in [0.15, 0.2) is 85.2 Å². The molecule has 58 heavy (non-hydrogen) atoms. The third kappa shape index (κ3) is 6.47. The summed E-state index contributed by atoms with van der Waals surface area (Å²) in [6.45, 7) is 4.55. The van der Waals surface area contributed by atoms with E-state index in [4.69, 9.17) is 6.42 Å². The molecule has 6 aromatic rings. The van der Waals surface area contributed by atoms with Gasteiger partial charge in [-0.25, -0.2) is 18.1 Å². The average molecular weight is 779 g/mol. The van der Waals surface area contributed by atoms with Crippen molar-refractivity contribution in [1.82, 2.24) is 19.6 Å². The van der Waals surface area contributed by atoms with Gasteiger partial charge in [-0.05, 0) is 195 Å². The SMILES string of the molecule is C#C[C@@]1(O)CC[C@@]2(CC)c3cc4cnn(-c5ccc(F)cc5)c4cc3CCC[C@@H]2C1.CC[C@@]12CCC(=O)C[C@H]1CCCc1cc3c(cnn3-c3ccc(F)cc3)cc12. The van der Waals surface area contributed by atoms with Gasteiger partial charge in [0.05, 0.1) is 34.8 Å². The molecule has 0 saturated heterocycles. The van der Waals surface area contributed by atoms with E-state index >= 15 is 0 Å². The molecule has 2 fully saturated rings. The first kappa shape index (κ1) is 38.4. The molecule has 298 valence electrons. The zero-order chi connectivity index (χ0) is 40.2. The Morgan fingerprint density at radius 1 is 0.724 bits per heavy atom. The van der Waals surface area contributed by atoms with Gasteiger partial charge in [-0.15, -0.1) is 6.42 Å². The Kier molecular flexibility index (Phi) is 9.87. The van der Waals surface area contributed by atoms with Crippen LogP contribution in [0.3, 0.4) is 0 Å². The predicted molar refractivity (Wildman–Crippen MR) is 225 cm³/mol. The summed E-state index contributed by atoms with van der Waals surface area (Å²) < 4.78 is 30.5. The van der Waals surface area contributed by atoms with E-state index in [1.54, 1.807) is 24.3 Å². The normalized spacial score (nSPS) is 26.6. The van der Waals surface area contributed by atoms with Crippen LogP contribution in [0, 0.1) is 35.8 Å². The van der Waals surface area contributed by atoms with Gasteiger partial charge < -0.3 is 5.11 Å². The fraction of sp³-hybridized carbons (Fsp3) is 0.420. The molecule has 4 aromatic carbocycles. The number of aryl methyl sites for hydroxylation is 2. The average Bonchev–Trinajstić information content (AvgIpc) is 3.77. The number of aliphatic hydroxyl groups is 1. The van der Waals surface area contributed by atoms with Crippen molar-refractivity contribution in [3.05, 3.63) is 119 Å². The number of fused-ring (bicyclic) bond motifs is 8. The van der Waals surface area contributed by atoms with Crippen molar-refractivity contribution in [3.63, 3.8) is 0 Å². The molecule has 2 heterocycles. The molecule has 2 aromatic heterocycles. The highest BCUT2D eigenvalue weighted by molar-refractivity contribution is 5.84. The van der Waals surface area contributed by atoms with Gasteiger partial charge in [0.1, 0.15) is 23.0 Å². The standard InChI is InChI=1S/C26H27FN2O.C24H25FN2O/c1-3-25(30)12-13-26(4-2)20(16-25)7-5-6-18-15-24-19(14-23(18)26)17-28-29(24)22-10-8-21(27)9-11-22;1-2-24-11-10-21(28)14-18(24)5-3-4-16-13-23-17(12-22(16)24)15-26-27(23)20-8-6-19(25)7-9-20/h1,8-11,14-15,17,20,30H,4-7,12-13,16H2,2H3;6-9,12-13,15,18H,2-5,10-11,14H2,1H3/t20-,25-,26-;18-,24-/m11/s1. The quantitative estimate of drug-likeness (QED) is 0.181. The minimum Gasteiger partial charge on any atom is -0.378 e. The van der Waals surface area contributed by atoms with E-state index in [1.165, 1.54) is 46.5 Å². The number of ketones is 1.